The predicted molar refractivity (Wildman–Crippen MR) is 106 cm³/mol. The SMILES string of the molecule is COc1ccc2[nH]c(CNc3cc(C(=O)N4CCCCC4)ccn3)cc2c1. The third kappa shape index (κ3) is 3.89. The highest BCUT2D eigenvalue weighted by Crippen LogP contribution is 2.22. The Balaban J connectivity index is 1.44. The summed E-state index contributed by atoms with van der Waals surface area (Å²) in [6.45, 7) is 2.30. The number of carbonyl (C=O) groups excluding carboxylic acids is 1. The van der Waals surface area contributed by atoms with Crippen LogP contribution in [-0.4, -0.2) is 41.0 Å². The molecule has 4 rings (SSSR count). The first-order chi connectivity index (χ1) is 13.2. The molecule has 6 heteroatoms. The Kier molecular flexibility index (Phi) is 4.96. The summed E-state index contributed by atoms with van der Waals surface area (Å²) in [6, 6.07) is 11.7. The number of aromatic amines is 1. The average Bonchev–Trinajstić information content (AvgIpc) is 3.14. The lowest BCUT2D eigenvalue weighted by molar-refractivity contribution is 0.0724. The van der Waals surface area contributed by atoms with E-state index in [1.54, 1.807) is 19.4 Å². The van der Waals surface area contributed by atoms with Crippen molar-refractivity contribution in [3.05, 3.63) is 53.9 Å². The van der Waals surface area contributed by atoms with Crippen LogP contribution in [0.5, 0.6) is 5.75 Å². The molecule has 6 nitrogen and oxygen atoms in total. The summed E-state index contributed by atoms with van der Waals surface area (Å²) in [5.74, 6) is 1.64. The molecular weight excluding hydrogens is 340 g/mol. The number of carbonyl (C=O) groups is 1. The van der Waals surface area contributed by atoms with Gasteiger partial charge in [-0.2, -0.15) is 0 Å². The Morgan fingerprint density at radius 3 is 2.85 bits per heavy atom. The second kappa shape index (κ2) is 7.70. The van der Waals surface area contributed by atoms with E-state index in [4.69, 9.17) is 4.74 Å². The molecule has 0 aliphatic carbocycles. The molecule has 1 aliphatic rings. The molecular formula is C21H24N4O2. The summed E-state index contributed by atoms with van der Waals surface area (Å²) in [4.78, 5) is 22.3. The number of likely N-dealkylation sites (tertiary alicyclic amines) is 1. The topological polar surface area (TPSA) is 70.2 Å². The van der Waals surface area contributed by atoms with Crippen molar-refractivity contribution in [2.24, 2.45) is 0 Å². The van der Waals surface area contributed by atoms with Gasteiger partial charge in [0.1, 0.15) is 11.6 Å². The van der Waals surface area contributed by atoms with E-state index in [9.17, 15) is 4.79 Å². The van der Waals surface area contributed by atoms with Gasteiger partial charge in [-0.15, -0.1) is 0 Å². The smallest absolute Gasteiger partial charge is 0.254 e. The molecule has 3 aromatic rings. The number of nitrogens with zero attached hydrogens (tertiary/aromatic N) is 2. The first-order valence-electron chi connectivity index (χ1n) is 9.38. The summed E-state index contributed by atoms with van der Waals surface area (Å²) < 4.78 is 5.27. The normalized spacial score (nSPS) is 14.3. The van der Waals surface area contributed by atoms with E-state index in [0.29, 0.717) is 17.9 Å². The van der Waals surface area contributed by atoms with Crippen molar-refractivity contribution in [1.82, 2.24) is 14.9 Å². The van der Waals surface area contributed by atoms with Crippen LogP contribution in [-0.2, 0) is 6.54 Å². The van der Waals surface area contributed by atoms with Gasteiger partial charge in [-0.1, -0.05) is 0 Å². The molecule has 0 spiro atoms. The number of aromatic nitrogens is 2. The van der Waals surface area contributed by atoms with E-state index in [1.807, 2.05) is 29.2 Å². The molecule has 1 amide bonds. The zero-order valence-corrected chi connectivity index (χ0v) is 15.5. The number of ether oxygens (including phenoxy) is 1. The Morgan fingerprint density at radius 1 is 1.19 bits per heavy atom. The minimum Gasteiger partial charge on any atom is -0.497 e. The number of fused-ring (bicyclic) bond motifs is 1. The highest BCUT2D eigenvalue weighted by atomic mass is 16.5. The van der Waals surface area contributed by atoms with Gasteiger partial charge in [0, 0.05) is 41.4 Å². The molecule has 2 aromatic heterocycles. The van der Waals surface area contributed by atoms with Crippen LogP contribution in [0.1, 0.15) is 35.3 Å². The number of rotatable bonds is 5. The number of piperidine rings is 1. The van der Waals surface area contributed by atoms with Gasteiger partial charge < -0.3 is 19.9 Å². The minimum absolute atomic E-state index is 0.0952. The highest BCUT2D eigenvalue weighted by Gasteiger charge is 2.18. The van der Waals surface area contributed by atoms with Crippen molar-refractivity contribution in [3.8, 4) is 5.75 Å². The fourth-order valence-corrected chi connectivity index (χ4v) is 3.52. The highest BCUT2D eigenvalue weighted by molar-refractivity contribution is 5.94. The van der Waals surface area contributed by atoms with Crippen molar-refractivity contribution in [2.45, 2.75) is 25.8 Å². The Labute approximate surface area is 158 Å². The van der Waals surface area contributed by atoms with Gasteiger partial charge in [-0.05, 0) is 55.7 Å². The molecule has 1 aromatic carbocycles. The summed E-state index contributed by atoms with van der Waals surface area (Å²) in [6.07, 6.45) is 5.08. The molecule has 27 heavy (non-hydrogen) atoms. The number of anilines is 1. The first-order valence-corrected chi connectivity index (χ1v) is 9.38. The number of methoxy groups -OCH3 is 1. The van der Waals surface area contributed by atoms with Crippen molar-refractivity contribution in [1.29, 1.82) is 0 Å². The Bertz CT molecular complexity index is 944. The van der Waals surface area contributed by atoms with Crippen LogP contribution in [0.25, 0.3) is 10.9 Å². The number of hydrogen-bond acceptors (Lipinski definition) is 4. The van der Waals surface area contributed by atoms with Crippen molar-refractivity contribution >= 4 is 22.6 Å². The van der Waals surface area contributed by atoms with Crippen LogP contribution in [0.15, 0.2) is 42.6 Å². The lowest BCUT2D eigenvalue weighted by Gasteiger charge is -2.26. The van der Waals surface area contributed by atoms with Crippen LogP contribution in [0.2, 0.25) is 0 Å². The monoisotopic (exact) mass is 364 g/mol. The Hall–Kier alpha value is -3.02. The van der Waals surface area contributed by atoms with E-state index in [0.717, 1.165) is 48.3 Å². The van der Waals surface area contributed by atoms with Crippen LogP contribution in [0.4, 0.5) is 5.82 Å². The molecule has 0 unspecified atom stereocenters. The molecule has 1 aliphatic heterocycles. The van der Waals surface area contributed by atoms with E-state index in [2.05, 4.69) is 21.4 Å². The zero-order valence-electron chi connectivity index (χ0n) is 15.5. The van der Waals surface area contributed by atoms with E-state index in [1.165, 1.54) is 6.42 Å². The fraction of sp³-hybridized carbons (Fsp3) is 0.333. The van der Waals surface area contributed by atoms with Gasteiger partial charge in [0.15, 0.2) is 0 Å². The molecule has 2 N–H and O–H groups in total. The second-order valence-corrected chi connectivity index (χ2v) is 6.88. The van der Waals surface area contributed by atoms with Gasteiger partial charge in [-0.25, -0.2) is 4.98 Å². The molecule has 0 radical (unpaired) electrons. The molecule has 3 heterocycles. The number of benzene rings is 1. The molecule has 0 bridgehead atoms. The predicted octanol–water partition coefficient (Wildman–Crippen LogP) is 3.81. The molecule has 1 fully saturated rings. The van der Waals surface area contributed by atoms with Gasteiger partial charge in [0.2, 0.25) is 0 Å². The number of hydrogen-bond donors (Lipinski definition) is 2. The lowest BCUT2D eigenvalue weighted by Crippen LogP contribution is -2.35. The Morgan fingerprint density at radius 2 is 2.04 bits per heavy atom. The standard InChI is InChI=1S/C21H24N4O2/c1-27-18-5-6-19-16(12-18)11-17(24-19)14-23-20-13-15(7-8-22-20)21(26)25-9-3-2-4-10-25/h5-8,11-13,24H,2-4,9-10,14H2,1H3,(H,22,23). The molecule has 140 valence electrons. The summed E-state index contributed by atoms with van der Waals surface area (Å²) >= 11 is 0. The second-order valence-electron chi connectivity index (χ2n) is 6.88. The van der Waals surface area contributed by atoms with Crippen molar-refractivity contribution < 1.29 is 9.53 Å². The number of H-pyrrole nitrogens is 1. The van der Waals surface area contributed by atoms with Crippen molar-refractivity contribution in [2.75, 3.05) is 25.5 Å². The van der Waals surface area contributed by atoms with E-state index in [-0.39, 0.29) is 5.91 Å². The van der Waals surface area contributed by atoms with E-state index < -0.39 is 0 Å². The van der Waals surface area contributed by atoms with Crippen LogP contribution in [0, 0.1) is 0 Å². The average molecular weight is 364 g/mol. The van der Waals surface area contributed by atoms with Gasteiger partial charge in [0.05, 0.1) is 13.7 Å². The lowest BCUT2D eigenvalue weighted by atomic mass is 10.1. The summed E-state index contributed by atoms with van der Waals surface area (Å²) in [5, 5.41) is 4.41. The number of pyridine rings is 1. The number of amides is 1. The first kappa shape index (κ1) is 17.4. The third-order valence-electron chi connectivity index (χ3n) is 4.99. The maximum Gasteiger partial charge on any atom is 0.254 e. The zero-order chi connectivity index (χ0) is 18.6. The van der Waals surface area contributed by atoms with Crippen LogP contribution < -0.4 is 10.1 Å². The van der Waals surface area contributed by atoms with Gasteiger partial charge >= 0.3 is 0 Å². The number of nitrogens with one attached hydrogen (secondary N) is 2. The minimum atomic E-state index is 0.0952. The third-order valence-corrected chi connectivity index (χ3v) is 4.99. The van der Waals surface area contributed by atoms with Crippen molar-refractivity contribution in [3.63, 3.8) is 0 Å². The van der Waals surface area contributed by atoms with Crippen LogP contribution in [0.3, 0.4) is 0 Å². The summed E-state index contributed by atoms with van der Waals surface area (Å²) in [7, 11) is 1.67. The van der Waals surface area contributed by atoms with E-state index >= 15 is 0 Å². The maximum atomic E-state index is 12.7. The quantitative estimate of drug-likeness (QED) is 0.722. The molecule has 0 saturated carbocycles. The molecule has 1 saturated heterocycles. The maximum absolute atomic E-state index is 12.7. The van der Waals surface area contributed by atoms with Gasteiger partial charge in [0.25, 0.3) is 5.91 Å². The van der Waals surface area contributed by atoms with Crippen LogP contribution >= 0.6 is 0 Å². The largest absolute Gasteiger partial charge is 0.497 e. The molecule has 0 atom stereocenters. The summed E-state index contributed by atoms with van der Waals surface area (Å²) in [5.41, 5.74) is 2.80. The fourth-order valence-electron chi connectivity index (χ4n) is 3.52. The van der Waals surface area contributed by atoms with Gasteiger partial charge in [-0.3, -0.25) is 4.79 Å².